The third-order valence-corrected chi connectivity index (χ3v) is 10.1. The quantitative estimate of drug-likeness (QED) is 0.502. The predicted molar refractivity (Wildman–Crippen MR) is 104 cm³/mol. The van der Waals surface area contributed by atoms with E-state index in [-0.39, 0.29) is 11.0 Å². The van der Waals surface area contributed by atoms with E-state index in [9.17, 15) is 0 Å². The van der Waals surface area contributed by atoms with Crippen molar-refractivity contribution in [2.24, 2.45) is 11.7 Å². The zero-order valence-electron chi connectivity index (χ0n) is 15.4. The number of rotatable bonds is 7. The van der Waals surface area contributed by atoms with Gasteiger partial charge in [-0.15, -0.1) is 6.58 Å². The monoisotopic (exact) mass is 353 g/mol. The van der Waals surface area contributed by atoms with Gasteiger partial charge in [-0.05, 0) is 43.1 Å². The van der Waals surface area contributed by atoms with Crippen molar-refractivity contribution in [2.75, 3.05) is 6.61 Å². The van der Waals surface area contributed by atoms with E-state index < -0.39 is 13.9 Å². The highest BCUT2D eigenvalue weighted by atomic mass is 35.5. The third kappa shape index (κ3) is 4.93. The van der Waals surface area contributed by atoms with E-state index >= 15 is 0 Å². The predicted octanol–water partition coefficient (Wildman–Crippen LogP) is 5.73. The van der Waals surface area contributed by atoms with Crippen LogP contribution in [0.25, 0.3) is 0 Å². The Morgan fingerprint density at radius 1 is 1.26 bits per heavy atom. The topological polar surface area (TPSA) is 35.2 Å². The molecule has 0 saturated carbocycles. The Labute approximate surface area is 148 Å². The van der Waals surface area contributed by atoms with E-state index in [1.54, 1.807) is 0 Å². The highest BCUT2D eigenvalue weighted by Gasteiger charge is 2.38. The second kappa shape index (κ2) is 7.52. The van der Waals surface area contributed by atoms with Crippen LogP contribution in [0.1, 0.15) is 39.7 Å². The fourth-order valence-corrected chi connectivity index (χ4v) is 3.82. The van der Waals surface area contributed by atoms with Crippen molar-refractivity contribution in [3.05, 3.63) is 47.5 Å². The average molecular weight is 354 g/mol. The number of nitrogens with two attached hydrogens (primary N) is 1. The van der Waals surface area contributed by atoms with Crippen LogP contribution in [0, 0.1) is 5.92 Å². The van der Waals surface area contributed by atoms with Crippen LogP contribution in [-0.2, 0) is 9.96 Å². The van der Waals surface area contributed by atoms with E-state index in [1.807, 2.05) is 37.3 Å². The second-order valence-electron chi connectivity index (χ2n) is 8.00. The molecule has 0 bridgehead atoms. The average Bonchev–Trinajstić information content (AvgIpc) is 2.42. The Kier molecular flexibility index (Phi) is 6.68. The van der Waals surface area contributed by atoms with Gasteiger partial charge in [-0.2, -0.15) is 0 Å². The lowest BCUT2D eigenvalue weighted by Gasteiger charge is -2.38. The van der Waals surface area contributed by atoms with Gasteiger partial charge in [0.1, 0.15) is 0 Å². The van der Waals surface area contributed by atoms with Crippen LogP contribution in [0.4, 0.5) is 0 Å². The van der Waals surface area contributed by atoms with Crippen molar-refractivity contribution < 1.29 is 4.43 Å². The fraction of sp³-hybridized carbons (Fsp3) is 0.579. The Bertz CT molecular complexity index is 534. The molecule has 2 N–H and O–H groups in total. The number of hydrogen-bond donors (Lipinski definition) is 1. The molecule has 0 aliphatic heterocycles. The summed E-state index contributed by atoms with van der Waals surface area (Å²) in [5.74, 6) is 0.104. The fourth-order valence-electron chi connectivity index (χ4n) is 2.42. The minimum absolute atomic E-state index is 0.104. The first-order valence-corrected chi connectivity index (χ1v) is 11.5. The molecule has 0 aromatic heterocycles. The van der Waals surface area contributed by atoms with Gasteiger partial charge in [0.05, 0.1) is 0 Å². The van der Waals surface area contributed by atoms with Gasteiger partial charge in [0.15, 0.2) is 8.32 Å². The normalized spacial score (nSPS) is 16.7. The molecule has 0 fully saturated rings. The molecule has 0 amide bonds. The van der Waals surface area contributed by atoms with E-state index in [0.29, 0.717) is 11.6 Å². The lowest BCUT2D eigenvalue weighted by molar-refractivity contribution is 0.233. The first-order valence-electron chi connectivity index (χ1n) is 8.24. The smallest absolute Gasteiger partial charge is 0.191 e. The van der Waals surface area contributed by atoms with Crippen molar-refractivity contribution in [1.82, 2.24) is 0 Å². The highest BCUT2D eigenvalue weighted by molar-refractivity contribution is 6.74. The summed E-state index contributed by atoms with van der Waals surface area (Å²) in [5, 5.41) is 0.917. The Morgan fingerprint density at radius 2 is 1.83 bits per heavy atom. The summed E-state index contributed by atoms with van der Waals surface area (Å²) in [6.07, 6.45) is 2.77. The second-order valence-corrected chi connectivity index (χ2v) is 13.2. The van der Waals surface area contributed by atoms with Crippen LogP contribution in [-0.4, -0.2) is 14.9 Å². The number of hydrogen-bond acceptors (Lipinski definition) is 2. The summed E-state index contributed by atoms with van der Waals surface area (Å²) in [6.45, 7) is 18.0. The van der Waals surface area contributed by atoms with Gasteiger partial charge in [0, 0.05) is 23.1 Å². The molecule has 23 heavy (non-hydrogen) atoms. The van der Waals surface area contributed by atoms with Gasteiger partial charge >= 0.3 is 0 Å². The number of halogens is 1. The van der Waals surface area contributed by atoms with Gasteiger partial charge in [-0.25, -0.2) is 0 Å². The summed E-state index contributed by atoms with van der Waals surface area (Å²) in [6, 6.07) is 7.77. The molecule has 1 aromatic rings. The molecule has 0 spiro atoms. The van der Waals surface area contributed by atoms with Crippen molar-refractivity contribution in [3.8, 4) is 0 Å². The molecule has 0 aliphatic rings. The molecular formula is C19H32ClNOSi. The van der Waals surface area contributed by atoms with Crippen LogP contribution in [0.5, 0.6) is 0 Å². The van der Waals surface area contributed by atoms with Crippen LogP contribution < -0.4 is 5.73 Å². The maximum absolute atomic E-state index is 6.63. The van der Waals surface area contributed by atoms with Gasteiger partial charge in [0.25, 0.3) is 0 Å². The first kappa shape index (κ1) is 20.4. The number of benzene rings is 1. The van der Waals surface area contributed by atoms with Crippen molar-refractivity contribution in [2.45, 2.75) is 57.8 Å². The maximum Gasteiger partial charge on any atom is 0.191 e. The summed E-state index contributed by atoms with van der Waals surface area (Å²) in [7, 11) is -1.73. The van der Waals surface area contributed by atoms with Crippen molar-refractivity contribution in [1.29, 1.82) is 0 Å². The summed E-state index contributed by atoms with van der Waals surface area (Å²) in [4.78, 5) is 0. The lowest BCUT2D eigenvalue weighted by Crippen LogP contribution is -2.43. The summed E-state index contributed by atoms with van der Waals surface area (Å²) in [5.41, 5.74) is 7.03. The molecule has 1 rings (SSSR count). The van der Waals surface area contributed by atoms with E-state index in [1.165, 1.54) is 0 Å². The zero-order valence-corrected chi connectivity index (χ0v) is 17.2. The van der Waals surface area contributed by atoms with Crippen molar-refractivity contribution >= 4 is 19.9 Å². The van der Waals surface area contributed by atoms with Crippen LogP contribution >= 0.6 is 11.6 Å². The molecule has 2 atom stereocenters. The van der Waals surface area contributed by atoms with Crippen LogP contribution in [0.2, 0.25) is 23.2 Å². The Hall–Kier alpha value is -0.613. The SMILES string of the molecule is C=C[C@H](CCO[Si](C)(C)C(C)(C)C)[C@@](C)(N)c1ccccc1Cl. The van der Waals surface area contributed by atoms with Gasteiger partial charge in [-0.3, -0.25) is 0 Å². The van der Waals surface area contributed by atoms with E-state index in [4.69, 9.17) is 21.8 Å². The summed E-state index contributed by atoms with van der Waals surface area (Å²) < 4.78 is 6.29. The molecule has 0 radical (unpaired) electrons. The zero-order chi connectivity index (χ0) is 17.9. The van der Waals surface area contributed by atoms with Crippen LogP contribution in [0.3, 0.4) is 0 Å². The van der Waals surface area contributed by atoms with Crippen molar-refractivity contribution in [3.63, 3.8) is 0 Å². The van der Waals surface area contributed by atoms with E-state index in [0.717, 1.165) is 12.0 Å². The maximum atomic E-state index is 6.63. The molecule has 0 unspecified atom stereocenters. The standard InChI is InChI=1S/C19H32ClNOSi/c1-8-15(13-14-22-23(6,7)18(2,3)4)19(5,21)16-11-9-10-12-17(16)20/h8-12,15H,1,13-14,21H2,2-7H3/t15-,19-/m1/s1. The summed E-state index contributed by atoms with van der Waals surface area (Å²) >= 11 is 6.34. The lowest BCUT2D eigenvalue weighted by atomic mass is 9.79. The van der Waals surface area contributed by atoms with Crippen LogP contribution in [0.15, 0.2) is 36.9 Å². The highest BCUT2D eigenvalue weighted by Crippen LogP contribution is 2.38. The molecule has 130 valence electrons. The van der Waals surface area contributed by atoms with Gasteiger partial charge in [-0.1, -0.05) is 56.6 Å². The molecule has 2 nitrogen and oxygen atoms in total. The third-order valence-electron chi connectivity index (χ3n) is 5.21. The molecule has 0 saturated heterocycles. The Morgan fingerprint density at radius 3 is 2.30 bits per heavy atom. The molecule has 1 aromatic carbocycles. The Balaban J connectivity index is 2.82. The molecule has 4 heteroatoms. The minimum Gasteiger partial charge on any atom is -0.417 e. The minimum atomic E-state index is -1.73. The van der Waals surface area contributed by atoms with Gasteiger partial charge < -0.3 is 10.2 Å². The van der Waals surface area contributed by atoms with E-state index in [2.05, 4.69) is 40.4 Å². The first-order chi connectivity index (χ1) is 10.4. The molecule has 0 aliphatic carbocycles. The van der Waals surface area contributed by atoms with Gasteiger partial charge in [0.2, 0.25) is 0 Å². The molecule has 0 heterocycles. The largest absolute Gasteiger partial charge is 0.417 e. The molecular weight excluding hydrogens is 322 g/mol.